The zero-order valence-corrected chi connectivity index (χ0v) is 18.5. The van der Waals surface area contributed by atoms with Crippen molar-refractivity contribution in [3.05, 3.63) is 59.3 Å². The van der Waals surface area contributed by atoms with Crippen LogP contribution < -0.4 is 15.4 Å². The van der Waals surface area contributed by atoms with Crippen LogP contribution in [0.3, 0.4) is 0 Å². The first-order valence-corrected chi connectivity index (χ1v) is 11.0. The number of amides is 1. The molecule has 0 unspecified atom stereocenters. The average Bonchev–Trinajstić information content (AvgIpc) is 3.18. The summed E-state index contributed by atoms with van der Waals surface area (Å²) in [5, 5.41) is 18.4. The Bertz CT molecular complexity index is 1440. The van der Waals surface area contributed by atoms with Gasteiger partial charge in [-0.2, -0.15) is 10.2 Å². The van der Waals surface area contributed by atoms with Crippen LogP contribution in [0.4, 0.5) is 26.1 Å². The Hall–Kier alpha value is -3.95. The quantitative estimate of drug-likeness (QED) is 0.391. The molecule has 0 saturated heterocycles. The highest BCUT2D eigenvalue weighted by molar-refractivity contribution is 6.10. The molecule has 8 nitrogen and oxygen atoms in total. The third-order valence-electron chi connectivity index (χ3n) is 6.77. The summed E-state index contributed by atoms with van der Waals surface area (Å²) in [6, 6.07) is 13.3. The Kier molecular flexibility index (Phi) is 4.42. The van der Waals surface area contributed by atoms with Crippen molar-refractivity contribution >= 4 is 34.1 Å². The lowest BCUT2D eigenvalue weighted by Gasteiger charge is -2.10. The number of carbonyl (C=O) groups excluding carboxylic acids is 1. The van der Waals surface area contributed by atoms with E-state index in [-0.39, 0.29) is 11.8 Å². The number of anilines is 3. The van der Waals surface area contributed by atoms with Crippen molar-refractivity contribution in [2.75, 3.05) is 17.7 Å². The molecule has 2 aliphatic rings. The van der Waals surface area contributed by atoms with Crippen LogP contribution in [-0.2, 0) is 16.8 Å². The van der Waals surface area contributed by atoms with E-state index in [1.807, 2.05) is 36.4 Å². The number of H-pyrrole nitrogens is 1. The van der Waals surface area contributed by atoms with Gasteiger partial charge in [0.2, 0.25) is 5.91 Å². The van der Waals surface area contributed by atoms with E-state index in [4.69, 9.17) is 4.74 Å². The van der Waals surface area contributed by atoms with Crippen molar-refractivity contribution in [2.24, 2.45) is 0 Å². The van der Waals surface area contributed by atoms with E-state index >= 15 is 0 Å². The number of carbonyl (C=O) groups is 1. The average molecular weight is 464 g/mol. The van der Waals surface area contributed by atoms with E-state index in [0.29, 0.717) is 17.3 Å². The van der Waals surface area contributed by atoms with E-state index in [0.717, 1.165) is 39.9 Å². The summed E-state index contributed by atoms with van der Waals surface area (Å²) >= 11 is 0. The van der Waals surface area contributed by atoms with Crippen LogP contribution in [0.2, 0.25) is 0 Å². The topological polar surface area (TPSA) is 96.9 Å². The molecule has 34 heavy (non-hydrogen) atoms. The highest BCUT2D eigenvalue weighted by Crippen LogP contribution is 2.65. The summed E-state index contributed by atoms with van der Waals surface area (Å²) in [6.45, 7) is 1.25. The van der Waals surface area contributed by atoms with Crippen LogP contribution in [0.15, 0.2) is 42.5 Å². The van der Waals surface area contributed by atoms with Gasteiger partial charge in [0.05, 0.1) is 23.7 Å². The number of nitrogens with one attached hydrogen (secondary N) is 3. The van der Waals surface area contributed by atoms with Crippen molar-refractivity contribution in [2.45, 2.75) is 37.6 Å². The van der Waals surface area contributed by atoms with Crippen molar-refractivity contribution in [1.82, 2.24) is 20.0 Å². The molecule has 1 fully saturated rings. The van der Waals surface area contributed by atoms with Gasteiger partial charge in [0, 0.05) is 23.1 Å². The smallest absolute Gasteiger partial charge is 0.258 e. The number of fused-ring (bicyclic) bond motifs is 3. The zero-order valence-electron chi connectivity index (χ0n) is 18.5. The molecule has 0 bridgehead atoms. The minimum atomic E-state index is -2.51. The van der Waals surface area contributed by atoms with Gasteiger partial charge in [0.15, 0.2) is 5.82 Å². The molecule has 1 saturated carbocycles. The number of methoxy groups -OCH3 is 1. The summed E-state index contributed by atoms with van der Waals surface area (Å²) in [6.07, 6.45) is -1.79. The third-order valence-corrected chi connectivity index (χ3v) is 6.77. The van der Waals surface area contributed by atoms with Gasteiger partial charge in [-0.25, -0.2) is 13.5 Å². The van der Waals surface area contributed by atoms with Crippen molar-refractivity contribution in [3.63, 3.8) is 0 Å². The zero-order chi connectivity index (χ0) is 23.6. The Morgan fingerprint density at radius 2 is 2.12 bits per heavy atom. The van der Waals surface area contributed by atoms with Gasteiger partial charge in [-0.15, -0.1) is 0 Å². The number of hydrogen-bond acceptors (Lipinski definition) is 5. The van der Waals surface area contributed by atoms with Gasteiger partial charge in [0.1, 0.15) is 18.1 Å². The fourth-order valence-corrected chi connectivity index (χ4v) is 5.09. The van der Waals surface area contributed by atoms with Crippen LogP contribution in [0.25, 0.3) is 10.9 Å². The number of hydrogen-bond donors (Lipinski definition) is 3. The second kappa shape index (κ2) is 7.28. The minimum Gasteiger partial charge on any atom is -0.497 e. The van der Waals surface area contributed by atoms with Crippen molar-refractivity contribution in [3.8, 4) is 5.75 Å². The Balaban J connectivity index is 1.30. The number of aromatic amines is 1. The number of alkyl halides is 2. The molecule has 1 aliphatic carbocycles. The molecule has 4 aromatic rings. The van der Waals surface area contributed by atoms with Gasteiger partial charge < -0.3 is 15.4 Å². The Morgan fingerprint density at radius 1 is 1.26 bits per heavy atom. The molecule has 3 heterocycles. The highest BCUT2D eigenvalue weighted by Gasteiger charge is 2.65. The van der Waals surface area contributed by atoms with Crippen LogP contribution in [0.5, 0.6) is 5.75 Å². The van der Waals surface area contributed by atoms with Gasteiger partial charge in [0.25, 0.3) is 6.43 Å². The van der Waals surface area contributed by atoms with Crippen molar-refractivity contribution in [1.29, 1.82) is 0 Å². The Morgan fingerprint density at radius 3 is 2.91 bits per heavy atom. The first-order valence-electron chi connectivity index (χ1n) is 11.0. The van der Waals surface area contributed by atoms with Crippen LogP contribution >= 0.6 is 0 Å². The molecule has 2 aromatic carbocycles. The van der Waals surface area contributed by atoms with Crippen LogP contribution in [0, 0.1) is 6.92 Å². The molecule has 2 atom stereocenters. The first kappa shape index (κ1) is 20.6. The number of halogens is 2. The molecule has 174 valence electrons. The molecule has 0 radical (unpaired) electrons. The van der Waals surface area contributed by atoms with Gasteiger partial charge in [-0.3, -0.25) is 9.89 Å². The lowest BCUT2D eigenvalue weighted by atomic mass is 9.91. The van der Waals surface area contributed by atoms with E-state index in [1.165, 1.54) is 4.68 Å². The van der Waals surface area contributed by atoms with E-state index < -0.39 is 18.4 Å². The second-order valence-electron chi connectivity index (χ2n) is 8.84. The molecule has 10 heteroatoms. The highest BCUT2D eigenvalue weighted by atomic mass is 19.3. The molecule has 2 aromatic heterocycles. The fraction of sp³-hybridized carbons (Fsp3) is 0.292. The standard InChI is InChI=1S/C24H22F2N6O2/c1-12-7-21(32(31-12)11-20(25)26)28-22-15-5-3-13(8-19(15)29-30-22)17-10-24(17)16-9-14(34-2)4-6-18(16)27-23(24)33/h3-9,17,20H,10-11H2,1-2H3,(H,27,33)(H2,28,29,30)/t17-,24-/m0/s1. The van der Waals surface area contributed by atoms with Gasteiger partial charge in [-0.1, -0.05) is 6.07 Å². The number of benzene rings is 2. The molecule has 1 spiro atoms. The first-order chi connectivity index (χ1) is 16.4. The number of rotatable bonds is 6. The maximum atomic E-state index is 12.9. The predicted molar refractivity (Wildman–Crippen MR) is 123 cm³/mol. The van der Waals surface area contributed by atoms with Crippen LogP contribution in [-0.4, -0.2) is 39.4 Å². The minimum absolute atomic E-state index is 0.00970. The molecule has 3 N–H and O–H groups in total. The third kappa shape index (κ3) is 3.05. The van der Waals surface area contributed by atoms with Gasteiger partial charge >= 0.3 is 0 Å². The van der Waals surface area contributed by atoms with E-state index in [2.05, 4.69) is 25.9 Å². The maximum absolute atomic E-state index is 12.9. The van der Waals surface area contributed by atoms with Crippen LogP contribution in [0.1, 0.15) is 29.2 Å². The summed E-state index contributed by atoms with van der Waals surface area (Å²) in [5.41, 5.74) is 3.68. The maximum Gasteiger partial charge on any atom is 0.258 e. The summed E-state index contributed by atoms with van der Waals surface area (Å²) in [4.78, 5) is 12.9. The van der Waals surface area contributed by atoms with Gasteiger partial charge in [-0.05, 0) is 54.8 Å². The second-order valence-corrected chi connectivity index (χ2v) is 8.84. The predicted octanol–water partition coefficient (Wildman–Crippen LogP) is 4.46. The number of aromatic nitrogens is 4. The molecular weight excluding hydrogens is 442 g/mol. The summed E-state index contributed by atoms with van der Waals surface area (Å²) in [7, 11) is 1.61. The SMILES string of the molecule is COc1ccc2c(c1)[C@]1(C[C@H]1c1ccc3c(Nc4cc(C)nn4CC(F)F)n[nH]c3c1)C(=O)N2. The Labute approximate surface area is 193 Å². The number of ether oxygens (including phenoxy) is 1. The fourth-order valence-electron chi connectivity index (χ4n) is 5.09. The normalized spacial score (nSPS) is 20.7. The molecular formula is C24H22F2N6O2. The molecule has 1 amide bonds. The molecule has 1 aliphatic heterocycles. The lowest BCUT2D eigenvalue weighted by Crippen LogP contribution is -2.21. The van der Waals surface area contributed by atoms with Crippen molar-refractivity contribution < 1.29 is 18.3 Å². The van der Waals surface area contributed by atoms with E-state index in [1.54, 1.807) is 20.1 Å². The number of nitrogens with zero attached hydrogens (tertiary/aromatic N) is 3. The molecule has 6 rings (SSSR count). The van der Waals surface area contributed by atoms with E-state index in [9.17, 15) is 13.6 Å². The monoisotopic (exact) mass is 464 g/mol. The largest absolute Gasteiger partial charge is 0.497 e. The summed E-state index contributed by atoms with van der Waals surface area (Å²) < 4.78 is 32.4. The summed E-state index contributed by atoms with van der Waals surface area (Å²) in [5.74, 6) is 1.75. The number of aryl methyl sites for hydroxylation is 1. The lowest BCUT2D eigenvalue weighted by molar-refractivity contribution is -0.118.